The number of carbonyl (C=O) groups is 1. The van der Waals surface area contributed by atoms with E-state index >= 15 is 0 Å². The van der Waals surface area contributed by atoms with Crippen molar-refractivity contribution in [2.75, 3.05) is 25.4 Å². The van der Waals surface area contributed by atoms with Crippen LogP contribution in [0.25, 0.3) is 0 Å². The van der Waals surface area contributed by atoms with Crippen LogP contribution in [0.2, 0.25) is 0 Å². The Balaban J connectivity index is 2.04. The number of hydrogen-bond donors (Lipinski definition) is 0. The van der Waals surface area contributed by atoms with Crippen LogP contribution in [0, 0.1) is 11.3 Å². The zero-order valence-electron chi connectivity index (χ0n) is 12.0. The first-order valence-electron chi connectivity index (χ1n) is 7.04. The molecule has 20 heavy (non-hydrogen) atoms. The number of cyclic esters (lactones) is 1. The van der Waals surface area contributed by atoms with Gasteiger partial charge in [-0.25, -0.2) is 0 Å². The summed E-state index contributed by atoms with van der Waals surface area (Å²) < 4.78 is 39.7. The summed E-state index contributed by atoms with van der Waals surface area (Å²) in [5.41, 5.74) is -0.496. The van der Waals surface area contributed by atoms with Gasteiger partial charge < -0.3 is 9.64 Å². The average molecular weight is 307 g/mol. The lowest BCUT2D eigenvalue weighted by molar-refractivity contribution is -0.141. The van der Waals surface area contributed by atoms with Crippen LogP contribution in [0.3, 0.4) is 0 Å². The summed E-state index contributed by atoms with van der Waals surface area (Å²) >= 11 is 0. The van der Waals surface area contributed by atoms with Crippen molar-refractivity contribution >= 4 is 16.2 Å². The Bertz CT molecular complexity index is 469. The molecule has 2 aliphatic heterocycles. The monoisotopic (exact) mass is 307 g/mol. The van der Waals surface area contributed by atoms with Crippen LogP contribution >= 0.6 is 0 Å². The van der Waals surface area contributed by atoms with Gasteiger partial charge in [0.05, 0.1) is 6.42 Å². The molecular formula is C13H22FNO4S. The maximum atomic E-state index is 12.9. The zero-order chi connectivity index (χ0) is 15.0. The lowest BCUT2D eigenvalue weighted by Gasteiger charge is -2.41. The summed E-state index contributed by atoms with van der Waals surface area (Å²) in [6.45, 7) is 6.88. The molecule has 2 aliphatic rings. The minimum absolute atomic E-state index is 0.211. The first kappa shape index (κ1) is 15.7. The maximum Gasteiger partial charge on any atom is 0.306 e. The van der Waals surface area contributed by atoms with Crippen molar-refractivity contribution in [3.8, 4) is 0 Å². The quantitative estimate of drug-likeness (QED) is 0.579. The predicted molar refractivity (Wildman–Crippen MR) is 72.3 cm³/mol. The van der Waals surface area contributed by atoms with Crippen molar-refractivity contribution in [2.24, 2.45) is 11.3 Å². The molecule has 2 heterocycles. The van der Waals surface area contributed by atoms with Gasteiger partial charge in [0.15, 0.2) is 0 Å². The van der Waals surface area contributed by atoms with Crippen LogP contribution in [0.4, 0.5) is 3.89 Å². The summed E-state index contributed by atoms with van der Waals surface area (Å²) in [5.74, 6) is -0.549. The molecular weight excluding hydrogens is 285 g/mol. The minimum atomic E-state index is -4.63. The van der Waals surface area contributed by atoms with Crippen molar-refractivity contribution in [1.82, 2.24) is 4.90 Å². The van der Waals surface area contributed by atoms with Crippen molar-refractivity contribution in [1.29, 1.82) is 0 Å². The van der Waals surface area contributed by atoms with Gasteiger partial charge in [-0.05, 0) is 31.8 Å². The first-order valence-corrected chi connectivity index (χ1v) is 8.60. The van der Waals surface area contributed by atoms with Crippen molar-refractivity contribution < 1.29 is 21.8 Å². The molecule has 2 saturated heterocycles. The molecule has 0 bridgehead atoms. The molecule has 116 valence electrons. The van der Waals surface area contributed by atoms with E-state index in [-0.39, 0.29) is 6.42 Å². The van der Waals surface area contributed by atoms with Crippen LogP contribution in [0.5, 0.6) is 0 Å². The molecule has 1 unspecified atom stereocenters. The Hall–Kier alpha value is -0.690. The highest BCUT2D eigenvalue weighted by molar-refractivity contribution is 7.86. The zero-order valence-corrected chi connectivity index (χ0v) is 12.8. The van der Waals surface area contributed by atoms with E-state index in [1.54, 1.807) is 0 Å². The third-order valence-electron chi connectivity index (χ3n) is 4.28. The van der Waals surface area contributed by atoms with E-state index < -0.39 is 33.5 Å². The molecule has 0 aromatic rings. The summed E-state index contributed by atoms with van der Waals surface area (Å²) in [6.07, 6.45) is 0.756. The van der Waals surface area contributed by atoms with E-state index in [1.165, 1.54) is 0 Å². The van der Waals surface area contributed by atoms with Gasteiger partial charge in [0.25, 0.3) is 0 Å². The number of rotatable bonds is 4. The number of piperidine rings is 1. The lowest BCUT2D eigenvalue weighted by atomic mass is 9.73. The Kier molecular flexibility index (Phi) is 4.39. The molecule has 0 aromatic heterocycles. The number of hydrogen-bond acceptors (Lipinski definition) is 5. The molecule has 0 aromatic carbocycles. The maximum absolute atomic E-state index is 12.9. The summed E-state index contributed by atoms with van der Waals surface area (Å²) in [4.78, 5) is 13.8. The van der Waals surface area contributed by atoms with E-state index in [9.17, 15) is 17.1 Å². The highest BCUT2D eigenvalue weighted by Crippen LogP contribution is 2.45. The second kappa shape index (κ2) is 5.60. The molecule has 0 saturated carbocycles. The van der Waals surface area contributed by atoms with Gasteiger partial charge in [0, 0.05) is 12.0 Å². The highest BCUT2D eigenvalue weighted by atomic mass is 32.3. The Morgan fingerprint density at radius 1 is 1.40 bits per heavy atom. The number of esters is 1. The van der Waals surface area contributed by atoms with Crippen molar-refractivity contribution in [2.45, 2.75) is 39.2 Å². The number of ether oxygens (including phenoxy) is 1. The van der Waals surface area contributed by atoms with Crippen LogP contribution < -0.4 is 0 Å². The van der Waals surface area contributed by atoms with Gasteiger partial charge in [-0.15, -0.1) is 3.89 Å². The molecule has 0 radical (unpaired) electrons. The molecule has 0 aliphatic carbocycles. The standard InChI is InChI=1S/C13H22FNO4S/c1-10(2)8-15-5-3-13(4-6-15)7-12(16)19-11(13)9-20(14,17)18/h10-11H,3-9H2,1-2H3. The molecule has 0 N–H and O–H groups in total. The molecule has 1 atom stereocenters. The van der Waals surface area contributed by atoms with Gasteiger partial charge in [-0.1, -0.05) is 13.8 Å². The topological polar surface area (TPSA) is 63.7 Å². The molecule has 5 nitrogen and oxygen atoms in total. The Morgan fingerprint density at radius 2 is 2.00 bits per heavy atom. The van der Waals surface area contributed by atoms with Gasteiger partial charge in [-0.3, -0.25) is 4.79 Å². The smallest absolute Gasteiger partial charge is 0.306 e. The van der Waals surface area contributed by atoms with Crippen LogP contribution in [-0.4, -0.2) is 50.8 Å². The summed E-state index contributed by atoms with van der Waals surface area (Å²) in [7, 11) is -4.63. The molecule has 7 heteroatoms. The molecule has 1 spiro atoms. The third kappa shape index (κ3) is 3.69. The predicted octanol–water partition coefficient (Wildman–Crippen LogP) is 1.34. The van der Waals surface area contributed by atoms with Crippen LogP contribution in [-0.2, 0) is 19.8 Å². The SMILES string of the molecule is CC(C)CN1CCC2(CC1)CC(=O)OC2CS(=O)(=O)F. The average Bonchev–Trinajstić information content (AvgIpc) is 2.56. The third-order valence-corrected chi connectivity index (χ3v) is 4.98. The van der Waals surface area contributed by atoms with Gasteiger partial charge >= 0.3 is 16.2 Å². The number of halogens is 1. The highest BCUT2D eigenvalue weighted by Gasteiger charge is 2.51. The molecule has 2 fully saturated rings. The Labute approximate surface area is 119 Å². The second-order valence-electron chi connectivity index (χ2n) is 6.42. The molecule has 2 rings (SSSR count). The van der Waals surface area contributed by atoms with E-state index in [1.807, 2.05) is 0 Å². The van der Waals surface area contributed by atoms with E-state index in [0.717, 1.165) is 19.6 Å². The van der Waals surface area contributed by atoms with Crippen LogP contribution in [0.15, 0.2) is 0 Å². The summed E-state index contributed by atoms with van der Waals surface area (Å²) in [5, 5.41) is 0. The number of carbonyl (C=O) groups excluding carboxylic acids is 1. The van der Waals surface area contributed by atoms with E-state index in [0.29, 0.717) is 18.8 Å². The van der Waals surface area contributed by atoms with Crippen molar-refractivity contribution in [3.05, 3.63) is 0 Å². The van der Waals surface area contributed by atoms with E-state index in [2.05, 4.69) is 18.7 Å². The van der Waals surface area contributed by atoms with E-state index in [4.69, 9.17) is 4.74 Å². The van der Waals surface area contributed by atoms with Crippen molar-refractivity contribution in [3.63, 3.8) is 0 Å². The van der Waals surface area contributed by atoms with Crippen LogP contribution in [0.1, 0.15) is 33.1 Å². The fourth-order valence-corrected chi connectivity index (χ4v) is 4.10. The molecule has 0 amide bonds. The largest absolute Gasteiger partial charge is 0.461 e. The number of nitrogens with zero attached hydrogens (tertiary/aromatic N) is 1. The fourth-order valence-electron chi connectivity index (χ4n) is 3.31. The summed E-state index contributed by atoms with van der Waals surface area (Å²) in [6, 6.07) is 0. The van der Waals surface area contributed by atoms with Gasteiger partial charge in [-0.2, -0.15) is 8.42 Å². The normalized spacial score (nSPS) is 27.2. The van der Waals surface area contributed by atoms with Gasteiger partial charge in [0.2, 0.25) is 0 Å². The minimum Gasteiger partial charge on any atom is -0.461 e. The second-order valence-corrected chi connectivity index (χ2v) is 7.83. The fraction of sp³-hybridized carbons (Fsp3) is 0.923. The lowest BCUT2D eigenvalue weighted by Crippen LogP contribution is -2.46. The van der Waals surface area contributed by atoms with Gasteiger partial charge in [0.1, 0.15) is 11.9 Å². The Morgan fingerprint density at radius 3 is 2.50 bits per heavy atom. The first-order chi connectivity index (χ1) is 9.20. The number of likely N-dealkylation sites (tertiary alicyclic amines) is 1.